The smallest absolute Gasteiger partial charge is 0.252 e. The summed E-state index contributed by atoms with van der Waals surface area (Å²) in [5, 5.41) is 7.38. The molecule has 0 fully saturated rings. The Labute approximate surface area is 186 Å². The highest BCUT2D eigenvalue weighted by Gasteiger charge is 2.20. The number of nitrogens with zero attached hydrogens (tertiary/aromatic N) is 5. The molecule has 0 atom stereocenters. The van der Waals surface area contributed by atoms with Gasteiger partial charge < -0.3 is 5.32 Å². The molecule has 1 amide bonds. The van der Waals surface area contributed by atoms with Crippen LogP contribution in [0.25, 0.3) is 5.95 Å². The standard InChI is InChI=1S/C20H26N6O3S2/c1-12-9-13(2)23-20(22-12)26-15(4)17(14(3)24-26)10-18(27)21-11-16-7-8-19(30-16)31(28,29)25(5)6/h7-9H,10-11H2,1-6H3,(H,21,27). The second kappa shape index (κ2) is 8.85. The summed E-state index contributed by atoms with van der Waals surface area (Å²) in [6, 6.07) is 5.17. The highest BCUT2D eigenvalue weighted by molar-refractivity contribution is 7.91. The van der Waals surface area contributed by atoms with Crippen LogP contribution in [0.15, 0.2) is 22.4 Å². The van der Waals surface area contributed by atoms with E-state index in [9.17, 15) is 13.2 Å². The lowest BCUT2D eigenvalue weighted by Crippen LogP contribution is -2.24. The molecule has 0 aliphatic rings. The minimum absolute atomic E-state index is 0.163. The predicted molar refractivity (Wildman–Crippen MR) is 119 cm³/mol. The van der Waals surface area contributed by atoms with Gasteiger partial charge in [0.15, 0.2) is 0 Å². The van der Waals surface area contributed by atoms with Crippen molar-refractivity contribution >= 4 is 27.3 Å². The van der Waals surface area contributed by atoms with Gasteiger partial charge in [0.2, 0.25) is 5.91 Å². The van der Waals surface area contributed by atoms with Gasteiger partial charge in [-0.25, -0.2) is 27.4 Å². The van der Waals surface area contributed by atoms with Gasteiger partial charge in [-0.15, -0.1) is 11.3 Å². The van der Waals surface area contributed by atoms with Crippen LogP contribution in [-0.4, -0.2) is 52.5 Å². The van der Waals surface area contributed by atoms with Gasteiger partial charge in [-0.3, -0.25) is 4.79 Å². The summed E-state index contributed by atoms with van der Waals surface area (Å²) in [5.74, 6) is 0.315. The van der Waals surface area contributed by atoms with E-state index in [4.69, 9.17) is 0 Å². The van der Waals surface area contributed by atoms with Gasteiger partial charge >= 0.3 is 0 Å². The van der Waals surface area contributed by atoms with Crippen molar-refractivity contribution < 1.29 is 13.2 Å². The molecule has 0 bridgehead atoms. The monoisotopic (exact) mass is 462 g/mol. The molecule has 3 rings (SSSR count). The number of carbonyl (C=O) groups is 1. The number of rotatable bonds is 7. The molecule has 166 valence electrons. The number of hydrogen-bond acceptors (Lipinski definition) is 7. The van der Waals surface area contributed by atoms with E-state index in [1.54, 1.807) is 16.8 Å². The summed E-state index contributed by atoms with van der Waals surface area (Å²) in [5.41, 5.74) is 4.07. The highest BCUT2D eigenvalue weighted by atomic mass is 32.2. The Hall–Kier alpha value is -2.63. The molecule has 0 aliphatic carbocycles. The van der Waals surface area contributed by atoms with Crippen LogP contribution >= 0.6 is 11.3 Å². The second-order valence-corrected chi connectivity index (χ2v) is 11.0. The Morgan fingerprint density at radius 2 is 1.77 bits per heavy atom. The van der Waals surface area contributed by atoms with E-state index in [-0.39, 0.29) is 23.1 Å². The number of aromatic nitrogens is 4. The molecule has 11 heteroatoms. The first-order valence-corrected chi connectivity index (χ1v) is 11.9. The number of carbonyl (C=O) groups excluding carboxylic acids is 1. The van der Waals surface area contributed by atoms with E-state index in [0.29, 0.717) is 5.95 Å². The zero-order valence-corrected chi connectivity index (χ0v) is 20.1. The molecule has 31 heavy (non-hydrogen) atoms. The van der Waals surface area contributed by atoms with Gasteiger partial charge in [-0.05, 0) is 45.9 Å². The normalized spacial score (nSPS) is 11.8. The summed E-state index contributed by atoms with van der Waals surface area (Å²) in [4.78, 5) is 22.2. The maximum Gasteiger partial charge on any atom is 0.252 e. The average Bonchev–Trinajstić information content (AvgIpc) is 3.26. The summed E-state index contributed by atoms with van der Waals surface area (Å²) >= 11 is 1.15. The lowest BCUT2D eigenvalue weighted by atomic mass is 10.1. The molecule has 0 unspecified atom stereocenters. The number of sulfonamides is 1. The van der Waals surface area contributed by atoms with Crippen molar-refractivity contribution in [1.82, 2.24) is 29.4 Å². The Kier molecular flexibility index (Phi) is 6.58. The van der Waals surface area contributed by atoms with Gasteiger partial charge in [0, 0.05) is 41.6 Å². The van der Waals surface area contributed by atoms with Crippen LogP contribution in [0.5, 0.6) is 0 Å². The van der Waals surface area contributed by atoms with E-state index < -0.39 is 10.0 Å². The molecule has 3 aromatic rings. The topological polar surface area (TPSA) is 110 Å². The first-order chi connectivity index (χ1) is 14.5. The minimum atomic E-state index is -3.47. The van der Waals surface area contributed by atoms with Crippen LogP contribution in [0.4, 0.5) is 0 Å². The van der Waals surface area contributed by atoms with Gasteiger partial charge in [-0.1, -0.05) is 0 Å². The van der Waals surface area contributed by atoms with Crippen molar-refractivity contribution in [2.45, 2.75) is 44.9 Å². The van der Waals surface area contributed by atoms with Crippen molar-refractivity contribution in [1.29, 1.82) is 0 Å². The van der Waals surface area contributed by atoms with Crippen molar-refractivity contribution in [3.63, 3.8) is 0 Å². The molecular weight excluding hydrogens is 436 g/mol. The zero-order valence-electron chi connectivity index (χ0n) is 18.4. The van der Waals surface area contributed by atoms with E-state index in [2.05, 4.69) is 20.4 Å². The molecule has 0 spiro atoms. The Morgan fingerprint density at radius 1 is 1.13 bits per heavy atom. The fourth-order valence-corrected chi connectivity index (χ4v) is 5.57. The average molecular weight is 463 g/mol. The van der Waals surface area contributed by atoms with Crippen molar-refractivity contribution in [3.8, 4) is 5.95 Å². The Morgan fingerprint density at radius 3 is 2.39 bits per heavy atom. The molecule has 9 nitrogen and oxygen atoms in total. The van der Waals surface area contributed by atoms with Crippen LogP contribution in [0.1, 0.15) is 33.2 Å². The van der Waals surface area contributed by atoms with Crippen molar-refractivity contribution in [2.24, 2.45) is 0 Å². The highest BCUT2D eigenvalue weighted by Crippen LogP contribution is 2.24. The quantitative estimate of drug-likeness (QED) is 0.576. The van der Waals surface area contributed by atoms with Crippen LogP contribution < -0.4 is 5.32 Å². The molecule has 0 saturated carbocycles. The Balaban J connectivity index is 1.70. The lowest BCUT2D eigenvalue weighted by Gasteiger charge is -2.08. The van der Waals surface area contributed by atoms with Crippen LogP contribution in [0.2, 0.25) is 0 Å². The largest absolute Gasteiger partial charge is 0.351 e. The molecule has 0 aromatic carbocycles. The third-order valence-electron chi connectivity index (χ3n) is 4.77. The number of hydrogen-bond donors (Lipinski definition) is 1. The summed E-state index contributed by atoms with van der Waals surface area (Å²) in [7, 11) is -0.487. The first-order valence-electron chi connectivity index (χ1n) is 9.64. The molecule has 0 saturated heterocycles. The summed E-state index contributed by atoms with van der Waals surface area (Å²) in [6.45, 7) is 7.81. The fourth-order valence-electron chi connectivity index (χ4n) is 3.11. The number of amides is 1. The molecule has 1 N–H and O–H groups in total. The predicted octanol–water partition coefficient (Wildman–Crippen LogP) is 2.07. The van der Waals surface area contributed by atoms with E-state index >= 15 is 0 Å². The number of thiophene rings is 1. The van der Waals surface area contributed by atoms with Crippen molar-refractivity contribution in [2.75, 3.05) is 14.1 Å². The molecule has 3 aromatic heterocycles. The van der Waals surface area contributed by atoms with E-state index in [1.807, 2.05) is 33.8 Å². The fraction of sp³-hybridized carbons (Fsp3) is 0.400. The third-order valence-corrected chi connectivity index (χ3v) is 8.14. The zero-order chi connectivity index (χ0) is 22.9. The van der Waals surface area contributed by atoms with E-state index in [1.165, 1.54) is 18.4 Å². The van der Waals surface area contributed by atoms with Crippen LogP contribution in [0, 0.1) is 27.7 Å². The molecular formula is C20H26N6O3S2. The molecule has 3 heterocycles. The van der Waals surface area contributed by atoms with Gasteiger partial charge in [0.05, 0.1) is 18.7 Å². The van der Waals surface area contributed by atoms with E-state index in [0.717, 1.165) is 44.6 Å². The summed E-state index contributed by atoms with van der Waals surface area (Å²) in [6.07, 6.45) is 0.163. The SMILES string of the molecule is Cc1cc(C)nc(-n2nc(C)c(CC(=O)NCc3ccc(S(=O)(=O)N(C)C)s3)c2C)n1. The summed E-state index contributed by atoms with van der Waals surface area (Å²) < 4.78 is 27.5. The second-order valence-electron chi connectivity index (χ2n) is 7.47. The van der Waals surface area contributed by atoms with Crippen LogP contribution in [-0.2, 0) is 27.8 Å². The molecule has 0 radical (unpaired) electrons. The minimum Gasteiger partial charge on any atom is -0.351 e. The van der Waals surface area contributed by atoms with Gasteiger partial charge in [0.1, 0.15) is 4.21 Å². The number of aryl methyl sites for hydroxylation is 3. The lowest BCUT2D eigenvalue weighted by molar-refractivity contribution is -0.120. The van der Waals surface area contributed by atoms with Crippen LogP contribution in [0.3, 0.4) is 0 Å². The maximum atomic E-state index is 12.6. The van der Waals surface area contributed by atoms with Gasteiger partial charge in [-0.2, -0.15) is 5.10 Å². The number of nitrogens with one attached hydrogen (secondary N) is 1. The maximum absolute atomic E-state index is 12.6. The third kappa shape index (κ3) is 5.00. The molecule has 0 aliphatic heterocycles. The van der Waals surface area contributed by atoms with Gasteiger partial charge in [0.25, 0.3) is 16.0 Å². The Bertz CT molecular complexity index is 1210. The first kappa shape index (κ1) is 23.0. The van der Waals surface area contributed by atoms with Crippen molar-refractivity contribution in [3.05, 3.63) is 51.4 Å².